The second-order valence-electron chi connectivity index (χ2n) is 7.50. The molecule has 0 aromatic heterocycles. The molecule has 30 heavy (non-hydrogen) atoms. The molecule has 1 N–H and O–H groups in total. The van der Waals surface area contributed by atoms with Crippen molar-refractivity contribution in [2.75, 3.05) is 33.4 Å². The highest BCUT2D eigenvalue weighted by Crippen LogP contribution is 2.37. The molecule has 0 radical (unpaired) electrons. The summed E-state index contributed by atoms with van der Waals surface area (Å²) in [6.07, 6.45) is 2.07. The number of rotatable bonds is 6. The van der Waals surface area contributed by atoms with Crippen LogP contribution in [-0.4, -0.2) is 50.2 Å². The molecule has 1 fully saturated rings. The molecule has 7 heteroatoms. The number of amides is 1. The lowest BCUT2D eigenvalue weighted by Gasteiger charge is -2.26. The number of likely N-dealkylation sites (tertiary alicyclic amines) is 1. The molecule has 0 aliphatic carbocycles. The Morgan fingerprint density at radius 2 is 1.87 bits per heavy atom. The van der Waals surface area contributed by atoms with Gasteiger partial charge in [-0.25, -0.2) is 4.79 Å². The van der Waals surface area contributed by atoms with Gasteiger partial charge in [0, 0.05) is 12.6 Å². The van der Waals surface area contributed by atoms with E-state index in [-0.39, 0.29) is 17.9 Å². The number of carbonyl (C=O) groups excluding carboxylic acids is 2. The van der Waals surface area contributed by atoms with Crippen molar-refractivity contribution in [2.24, 2.45) is 0 Å². The summed E-state index contributed by atoms with van der Waals surface area (Å²) in [7, 11) is 1.35. The molecule has 2 aliphatic rings. The molecule has 2 heterocycles. The third-order valence-corrected chi connectivity index (χ3v) is 5.53. The van der Waals surface area contributed by atoms with E-state index >= 15 is 0 Å². The monoisotopic (exact) mass is 410 g/mol. The van der Waals surface area contributed by atoms with E-state index in [0.29, 0.717) is 31.9 Å². The number of hydrogen-bond donors (Lipinski definition) is 1. The first-order chi connectivity index (χ1) is 14.6. The van der Waals surface area contributed by atoms with E-state index in [1.807, 2.05) is 24.3 Å². The fourth-order valence-corrected chi connectivity index (χ4v) is 3.98. The van der Waals surface area contributed by atoms with Gasteiger partial charge in [0.15, 0.2) is 11.5 Å². The van der Waals surface area contributed by atoms with Crippen LogP contribution >= 0.6 is 0 Å². The molecular formula is C23H26N2O5. The van der Waals surface area contributed by atoms with Gasteiger partial charge in [-0.3, -0.25) is 9.69 Å². The Bertz CT molecular complexity index is 912. The van der Waals surface area contributed by atoms with Gasteiger partial charge in [-0.2, -0.15) is 0 Å². The zero-order chi connectivity index (χ0) is 20.9. The molecule has 1 amide bonds. The predicted molar refractivity (Wildman–Crippen MR) is 111 cm³/mol. The summed E-state index contributed by atoms with van der Waals surface area (Å²) >= 11 is 0. The maximum atomic E-state index is 12.5. The highest BCUT2D eigenvalue weighted by molar-refractivity contribution is 5.89. The van der Waals surface area contributed by atoms with Crippen LogP contribution in [0.4, 0.5) is 0 Å². The summed E-state index contributed by atoms with van der Waals surface area (Å²) in [4.78, 5) is 26.2. The Kier molecular flexibility index (Phi) is 6.18. The predicted octanol–water partition coefficient (Wildman–Crippen LogP) is 2.70. The summed E-state index contributed by atoms with van der Waals surface area (Å²) in [5.41, 5.74) is 2.58. The number of ether oxygens (including phenoxy) is 3. The third kappa shape index (κ3) is 4.57. The molecule has 1 saturated heterocycles. The van der Waals surface area contributed by atoms with Crippen LogP contribution in [0.3, 0.4) is 0 Å². The van der Waals surface area contributed by atoms with Gasteiger partial charge in [-0.05, 0) is 54.8 Å². The van der Waals surface area contributed by atoms with Crippen LogP contribution in [-0.2, 0) is 16.1 Å². The number of benzene rings is 2. The van der Waals surface area contributed by atoms with Crippen LogP contribution in [0.25, 0.3) is 0 Å². The molecule has 2 aliphatic heterocycles. The van der Waals surface area contributed by atoms with Crippen molar-refractivity contribution in [3.8, 4) is 11.5 Å². The molecule has 2 aromatic rings. The van der Waals surface area contributed by atoms with E-state index in [1.165, 1.54) is 7.11 Å². The van der Waals surface area contributed by atoms with Gasteiger partial charge in [0.2, 0.25) is 5.91 Å². The minimum atomic E-state index is -0.371. The van der Waals surface area contributed by atoms with E-state index in [9.17, 15) is 9.59 Å². The second kappa shape index (κ2) is 9.17. The van der Waals surface area contributed by atoms with Gasteiger partial charge in [0.1, 0.15) is 13.2 Å². The molecule has 0 unspecified atom stereocenters. The summed E-state index contributed by atoms with van der Waals surface area (Å²) in [5.74, 6) is 1.18. The first kappa shape index (κ1) is 20.2. The van der Waals surface area contributed by atoms with Crippen LogP contribution < -0.4 is 14.8 Å². The first-order valence-electron chi connectivity index (χ1n) is 10.2. The maximum absolute atomic E-state index is 12.5. The largest absolute Gasteiger partial charge is 0.486 e. The third-order valence-electron chi connectivity index (χ3n) is 5.53. The zero-order valence-corrected chi connectivity index (χ0v) is 17.1. The van der Waals surface area contributed by atoms with Gasteiger partial charge in [-0.1, -0.05) is 18.2 Å². The lowest BCUT2D eigenvalue weighted by atomic mass is 10.0. The number of hydrogen-bond acceptors (Lipinski definition) is 6. The van der Waals surface area contributed by atoms with Crippen molar-refractivity contribution < 1.29 is 23.8 Å². The van der Waals surface area contributed by atoms with Crippen molar-refractivity contribution in [3.05, 3.63) is 59.2 Å². The molecule has 0 saturated carbocycles. The summed E-state index contributed by atoms with van der Waals surface area (Å²) < 4.78 is 16.0. The van der Waals surface area contributed by atoms with Crippen molar-refractivity contribution in [2.45, 2.75) is 25.4 Å². The molecule has 7 nitrogen and oxygen atoms in total. The number of fused-ring (bicyclic) bond motifs is 1. The van der Waals surface area contributed by atoms with Gasteiger partial charge in [0.25, 0.3) is 0 Å². The van der Waals surface area contributed by atoms with Gasteiger partial charge >= 0.3 is 5.97 Å². The Labute approximate surface area is 175 Å². The van der Waals surface area contributed by atoms with Gasteiger partial charge < -0.3 is 19.5 Å². The summed E-state index contributed by atoms with van der Waals surface area (Å²) in [6, 6.07) is 13.3. The van der Waals surface area contributed by atoms with Gasteiger partial charge in [-0.15, -0.1) is 0 Å². The smallest absolute Gasteiger partial charge is 0.337 e. The van der Waals surface area contributed by atoms with E-state index in [4.69, 9.17) is 14.2 Å². The molecule has 0 bridgehead atoms. The van der Waals surface area contributed by atoms with E-state index < -0.39 is 0 Å². The zero-order valence-electron chi connectivity index (χ0n) is 17.1. The van der Waals surface area contributed by atoms with Gasteiger partial charge in [0.05, 0.1) is 19.2 Å². The van der Waals surface area contributed by atoms with Crippen LogP contribution in [0.2, 0.25) is 0 Å². The fourth-order valence-electron chi connectivity index (χ4n) is 3.98. The fraction of sp³-hybridized carbons (Fsp3) is 0.391. The molecule has 0 spiro atoms. The molecular weight excluding hydrogens is 384 g/mol. The second-order valence-corrected chi connectivity index (χ2v) is 7.50. The van der Waals surface area contributed by atoms with Crippen LogP contribution in [0, 0.1) is 0 Å². The Balaban J connectivity index is 1.33. The molecule has 4 rings (SSSR count). The van der Waals surface area contributed by atoms with Crippen molar-refractivity contribution in [3.63, 3.8) is 0 Å². The van der Waals surface area contributed by atoms with E-state index in [1.54, 1.807) is 12.1 Å². The van der Waals surface area contributed by atoms with Crippen LogP contribution in [0.15, 0.2) is 42.5 Å². The van der Waals surface area contributed by atoms with Crippen molar-refractivity contribution in [1.29, 1.82) is 0 Å². The minimum absolute atomic E-state index is 0.0171. The lowest BCUT2D eigenvalue weighted by molar-refractivity contribution is -0.122. The van der Waals surface area contributed by atoms with Crippen LogP contribution in [0.5, 0.6) is 11.5 Å². The Hall–Kier alpha value is -3.06. The highest BCUT2D eigenvalue weighted by atomic mass is 16.6. The Morgan fingerprint density at radius 3 is 2.63 bits per heavy atom. The van der Waals surface area contributed by atoms with Crippen molar-refractivity contribution in [1.82, 2.24) is 10.2 Å². The average molecular weight is 410 g/mol. The lowest BCUT2D eigenvalue weighted by Crippen LogP contribution is -2.36. The number of esters is 1. The van der Waals surface area contributed by atoms with Crippen molar-refractivity contribution >= 4 is 11.9 Å². The van der Waals surface area contributed by atoms with E-state index in [0.717, 1.165) is 42.0 Å². The highest BCUT2D eigenvalue weighted by Gasteiger charge is 2.28. The summed E-state index contributed by atoms with van der Waals surface area (Å²) in [6.45, 7) is 2.80. The molecule has 158 valence electrons. The topological polar surface area (TPSA) is 77.1 Å². The summed E-state index contributed by atoms with van der Waals surface area (Å²) in [5, 5.41) is 2.97. The number of nitrogens with zero attached hydrogens (tertiary/aromatic N) is 1. The molecule has 1 atom stereocenters. The van der Waals surface area contributed by atoms with Crippen LogP contribution in [0.1, 0.15) is 40.4 Å². The minimum Gasteiger partial charge on any atom is -0.486 e. The van der Waals surface area contributed by atoms with E-state index in [2.05, 4.69) is 16.3 Å². The number of methoxy groups -OCH3 is 1. The number of carbonyl (C=O) groups is 2. The maximum Gasteiger partial charge on any atom is 0.337 e. The quantitative estimate of drug-likeness (QED) is 0.738. The number of nitrogens with one attached hydrogen (secondary N) is 1. The Morgan fingerprint density at radius 1 is 1.10 bits per heavy atom. The normalized spacial score (nSPS) is 18.1. The average Bonchev–Trinajstić information content (AvgIpc) is 3.25. The SMILES string of the molecule is COC(=O)c1ccc(CNC(=O)CN2CCC[C@H]2c2ccc3c(c2)OCCO3)cc1. The first-order valence-corrected chi connectivity index (χ1v) is 10.2. The standard InChI is InChI=1S/C23H26N2O5/c1-28-23(27)17-6-4-16(5-7-17)14-24-22(26)15-25-10-2-3-19(25)18-8-9-20-21(13-18)30-12-11-29-20/h4-9,13,19H,2-3,10-12,14-15H2,1H3,(H,24,26)/t19-/m0/s1. The molecule has 2 aromatic carbocycles.